The van der Waals surface area contributed by atoms with Crippen molar-refractivity contribution in [1.29, 1.82) is 0 Å². The summed E-state index contributed by atoms with van der Waals surface area (Å²) in [7, 11) is -1.000. The van der Waals surface area contributed by atoms with Crippen molar-refractivity contribution in [1.82, 2.24) is 19.7 Å². The van der Waals surface area contributed by atoms with Crippen LogP contribution in [0.25, 0.3) is 16.6 Å². The number of nitrogens with zero attached hydrogens (tertiary/aromatic N) is 4. The van der Waals surface area contributed by atoms with Gasteiger partial charge in [0.1, 0.15) is 17.6 Å². The molecule has 9 heteroatoms. The van der Waals surface area contributed by atoms with Crippen molar-refractivity contribution >= 4 is 20.7 Å². The third kappa shape index (κ3) is 3.19. The topological polar surface area (TPSA) is 96.2 Å². The van der Waals surface area contributed by atoms with E-state index >= 15 is 0 Å². The molecule has 0 aliphatic carbocycles. The first-order valence-electron chi connectivity index (χ1n) is 8.67. The fraction of sp³-hybridized carbons (Fsp3) is 0.150. The van der Waals surface area contributed by atoms with Gasteiger partial charge in [0, 0.05) is 17.6 Å². The second-order valence-corrected chi connectivity index (χ2v) is 8.27. The molecule has 0 saturated heterocycles. The van der Waals surface area contributed by atoms with E-state index in [0.29, 0.717) is 28.1 Å². The maximum Gasteiger partial charge on any atom is 0.210 e. The molecule has 4 rings (SSSR count). The lowest BCUT2D eigenvalue weighted by Crippen LogP contribution is -2.10. The molecule has 2 heterocycles. The Morgan fingerprint density at radius 3 is 2.48 bits per heavy atom. The Kier molecular flexibility index (Phi) is 4.67. The Hall–Kier alpha value is -3.46. The minimum atomic E-state index is -3.94. The molecule has 148 valence electrons. The Balaban J connectivity index is 2.02. The molecule has 0 fully saturated rings. The van der Waals surface area contributed by atoms with Crippen molar-refractivity contribution in [2.45, 2.75) is 16.7 Å². The van der Waals surface area contributed by atoms with E-state index in [1.807, 2.05) is 25.1 Å². The number of ether oxygens (including phenoxy) is 2. The van der Waals surface area contributed by atoms with Gasteiger partial charge < -0.3 is 9.47 Å². The van der Waals surface area contributed by atoms with E-state index in [1.54, 1.807) is 6.07 Å². The van der Waals surface area contributed by atoms with Crippen molar-refractivity contribution in [2.24, 2.45) is 0 Å². The van der Waals surface area contributed by atoms with Gasteiger partial charge in [0.2, 0.25) is 9.84 Å². The molecule has 0 aliphatic rings. The average molecular weight is 410 g/mol. The maximum atomic E-state index is 13.5. The number of sulfone groups is 1. The fourth-order valence-corrected chi connectivity index (χ4v) is 4.55. The molecule has 0 saturated carbocycles. The highest BCUT2D eigenvalue weighted by molar-refractivity contribution is 7.91. The Labute approximate surface area is 167 Å². The lowest BCUT2D eigenvalue weighted by Gasteiger charge is -2.14. The molecule has 0 N–H and O–H groups in total. The number of benzene rings is 2. The van der Waals surface area contributed by atoms with Crippen LogP contribution in [0.1, 0.15) is 5.56 Å². The van der Waals surface area contributed by atoms with E-state index in [1.165, 1.54) is 49.9 Å². The number of fused-ring (bicyclic) bond motifs is 1. The number of pyridine rings is 1. The molecule has 0 bridgehead atoms. The van der Waals surface area contributed by atoms with Gasteiger partial charge >= 0.3 is 0 Å². The molecule has 0 unspecified atom stereocenters. The standard InChI is InChI=1S/C20H18N4O4S/c1-13-4-6-16-15(8-13)20(24-12-21-11-23-24)19(10-22-16)29(25,26)14-5-7-17(27-2)18(9-14)28-3/h4-12H,1-3H3. The normalized spacial score (nSPS) is 11.6. The van der Waals surface area contributed by atoms with Crippen molar-refractivity contribution in [3.63, 3.8) is 0 Å². The Morgan fingerprint density at radius 2 is 1.79 bits per heavy atom. The number of hydrogen-bond donors (Lipinski definition) is 0. The monoisotopic (exact) mass is 410 g/mol. The second-order valence-electron chi connectivity index (χ2n) is 6.35. The second kappa shape index (κ2) is 7.17. The summed E-state index contributed by atoms with van der Waals surface area (Å²) in [5, 5.41) is 4.83. The van der Waals surface area contributed by atoms with Crippen molar-refractivity contribution in [2.75, 3.05) is 14.2 Å². The van der Waals surface area contributed by atoms with E-state index in [2.05, 4.69) is 15.1 Å². The fourth-order valence-electron chi connectivity index (χ4n) is 3.14. The van der Waals surface area contributed by atoms with E-state index in [4.69, 9.17) is 9.47 Å². The van der Waals surface area contributed by atoms with Gasteiger partial charge in [-0.2, -0.15) is 5.10 Å². The van der Waals surface area contributed by atoms with Crippen LogP contribution in [0.15, 0.2) is 65.0 Å². The van der Waals surface area contributed by atoms with Gasteiger partial charge in [-0.15, -0.1) is 0 Å². The summed E-state index contributed by atoms with van der Waals surface area (Å²) in [5.74, 6) is 0.760. The summed E-state index contributed by atoms with van der Waals surface area (Å²) >= 11 is 0. The lowest BCUT2D eigenvalue weighted by atomic mass is 10.1. The molecule has 0 radical (unpaired) electrons. The summed E-state index contributed by atoms with van der Waals surface area (Å²) in [6, 6.07) is 10.1. The SMILES string of the molecule is COc1ccc(S(=O)(=O)c2cnc3ccc(C)cc3c2-n2cncn2)cc1OC. The van der Waals surface area contributed by atoms with E-state index in [9.17, 15) is 8.42 Å². The highest BCUT2D eigenvalue weighted by atomic mass is 32.2. The molecule has 2 aromatic carbocycles. The molecule has 0 amide bonds. The summed E-state index contributed by atoms with van der Waals surface area (Å²) in [4.78, 5) is 8.42. The number of aromatic nitrogens is 4. The Bertz CT molecular complexity index is 1300. The zero-order valence-electron chi connectivity index (χ0n) is 16.0. The van der Waals surface area contributed by atoms with Crippen molar-refractivity contribution in [3.8, 4) is 17.2 Å². The van der Waals surface area contributed by atoms with Gasteiger partial charge in [-0.1, -0.05) is 11.6 Å². The third-order valence-electron chi connectivity index (χ3n) is 4.56. The van der Waals surface area contributed by atoms with Crippen LogP contribution >= 0.6 is 0 Å². The van der Waals surface area contributed by atoms with Gasteiger partial charge in [-0.3, -0.25) is 4.98 Å². The number of aryl methyl sites for hydroxylation is 1. The third-order valence-corrected chi connectivity index (χ3v) is 6.32. The zero-order valence-corrected chi connectivity index (χ0v) is 16.8. The van der Waals surface area contributed by atoms with Crippen LogP contribution in [0, 0.1) is 6.92 Å². The molecule has 0 spiro atoms. The van der Waals surface area contributed by atoms with Gasteiger partial charge in [0.05, 0.1) is 30.3 Å². The number of rotatable bonds is 5. The molecule has 8 nitrogen and oxygen atoms in total. The minimum absolute atomic E-state index is 0.0216. The predicted octanol–water partition coefficient (Wildman–Crippen LogP) is 2.97. The minimum Gasteiger partial charge on any atom is -0.493 e. The van der Waals surface area contributed by atoms with Crippen LogP contribution in [0.2, 0.25) is 0 Å². The summed E-state index contributed by atoms with van der Waals surface area (Å²) in [6.45, 7) is 1.93. The highest BCUT2D eigenvalue weighted by Gasteiger charge is 2.26. The maximum absolute atomic E-state index is 13.5. The van der Waals surface area contributed by atoms with Gasteiger partial charge in [0.15, 0.2) is 11.5 Å². The zero-order chi connectivity index (χ0) is 20.6. The van der Waals surface area contributed by atoms with Crippen molar-refractivity contribution in [3.05, 3.63) is 60.8 Å². The molecular weight excluding hydrogens is 392 g/mol. The lowest BCUT2D eigenvalue weighted by molar-refractivity contribution is 0.354. The first-order valence-corrected chi connectivity index (χ1v) is 10.2. The Morgan fingerprint density at radius 1 is 1.00 bits per heavy atom. The molecular formula is C20H18N4O4S. The molecule has 29 heavy (non-hydrogen) atoms. The first-order chi connectivity index (χ1) is 14.0. The summed E-state index contributed by atoms with van der Waals surface area (Å²) in [6.07, 6.45) is 4.17. The van der Waals surface area contributed by atoms with Crippen LogP contribution in [-0.4, -0.2) is 42.4 Å². The summed E-state index contributed by atoms with van der Waals surface area (Å²) in [5.41, 5.74) is 2.03. The van der Waals surface area contributed by atoms with E-state index < -0.39 is 9.84 Å². The number of methoxy groups -OCH3 is 2. The molecule has 0 aliphatic heterocycles. The molecule has 0 atom stereocenters. The summed E-state index contributed by atoms with van der Waals surface area (Å²) < 4.78 is 39.0. The van der Waals surface area contributed by atoms with Crippen LogP contribution in [0.4, 0.5) is 0 Å². The predicted molar refractivity (Wildman–Crippen MR) is 106 cm³/mol. The van der Waals surface area contributed by atoms with Gasteiger partial charge in [-0.05, 0) is 31.2 Å². The number of hydrogen-bond acceptors (Lipinski definition) is 7. The van der Waals surface area contributed by atoms with E-state index in [0.717, 1.165) is 5.56 Å². The van der Waals surface area contributed by atoms with Crippen LogP contribution in [0.5, 0.6) is 11.5 Å². The van der Waals surface area contributed by atoms with Gasteiger partial charge in [-0.25, -0.2) is 18.1 Å². The van der Waals surface area contributed by atoms with E-state index in [-0.39, 0.29) is 9.79 Å². The first kappa shape index (κ1) is 18.9. The smallest absolute Gasteiger partial charge is 0.210 e. The largest absolute Gasteiger partial charge is 0.493 e. The molecule has 2 aromatic heterocycles. The average Bonchev–Trinajstić information content (AvgIpc) is 3.26. The molecule has 4 aromatic rings. The van der Waals surface area contributed by atoms with Crippen LogP contribution < -0.4 is 9.47 Å². The van der Waals surface area contributed by atoms with Gasteiger partial charge in [0.25, 0.3) is 0 Å². The highest BCUT2D eigenvalue weighted by Crippen LogP contribution is 2.35. The van der Waals surface area contributed by atoms with Crippen LogP contribution in [0.3, 0.4) is 0 Å². The van der Waals surface area contributed by atoms with Crippen molar-refractivity contribution < 1.29 is 17.9 Å². The quantitative estimate of drug-likeness (QED) is 0.499. The van der Waals surface area contributed by atoms with Crippen LogP contribution in [-0.2, 0) is 9.84 Å².